The molecule has 1 aliphatic heterocycles. The maximum atomic E-state index is 12.4. The number of rotatable bonds is 7. The van der Waals surface area contributed by atoms with Crippen molar-refractivity contribution in [3.05, 3.63) is 29.5 Å². The van der Waals surface area contributed by atoms with Crippen LogP contribution in [0.25, 0.3) is 10.9 Å². The SMILES string of the molecule is CCOC(=O)c1c(C)n(C)c2ccc(OC[C@@H](O)C[NH+]3CCOCC3)cc12. The zero-order valence-electron chi connectivity index (χ0n) is 16.3. The van der Waals surface area contributed by atoms with Crippen LogP contribution < -0.4 is 9.64 Å². The van der Waals surface area contributed by atoms with Gasteiger partial charge in [0.25, 0.3) is 0 Å². The number of nitrogens with one attached hydrogen (secondary N) is 1. The first-order valence-electron chi connectivity index (χ1n) is 9.49. The van der Waals surface area contributed by atoms with Gasteiger partial charge in [-0.3, -0.25) is 0 Å². The summed E-state index contributed by atoms with van der Waals surface area (Å²) in [6, 6.07) is 5.65. The largest absolute Gasteiger partial charge is 0.491 e. The normalized spacial score (nSPS) is 16.4. The Balaban J connectivity index is 1.71. The van der Waals surface area contributed by atoms with Gasteiger partial charge >= 0.3 is 5.97 Å². The molecule has 2 aromatic rings. The van der Waals surface area contributed by atoms with E-state index in [2.05, 4.69) is 0 Å². The van der Waals surface area contributed by atoms with Crippen molar-refractivity contribution in [3.8, 4) is 5.75 Å². The number of aliphatic hydroxyl groups is 1. The number of esters is 1. The summed E-state index contributed by atoms with van der Waals surface area (Å²) in [7, 11) is 1.93. The summed E-state index contributed by atoms with van der Waals surface area (Å²) in [6.45, 7) is 8.20. The molecule has 0 spiro atoms. The molecule has 7 nitrogen and oxygen atoms in total. The summed E-state index contributed by atoms with van der Waals surface area (Å²) in [4.78, 5) is 13.7. The van der Waals surface area contributed by atoms with Crippen LogP contribution in [0.15, 0.2) is 18.2 Å². The summed E-state index contributed by atoms with van der Waals surface area (Å²) >= 11 is 0. The average Bonchev–Trinajstić information content (AvgIpc) is 2.91. The molecule has 3 rings (SSSR count). The van der Waals surface area contributed by atoms with Crippen LogP contribution in [-0.2, 0) is 16.5 Å². The highest BCUT2D eigenvalue weighted by atomic mass is 16.5. The molecule has 148 valence electrons. The van der Waals surface area contributed by atoms with Crippen molar-refractivity contribution in [1.82, 2.24) is 4.57 Å². The summed E-state index contributed by atoms with van der Waals surface area (Å²) in [5.74, 6) is 0.309. The van der Waals surface area contributed by atoms with Gasteiger partial charge in [0.1, 0.15) is 38.1 Å². The third-order valence-corrected chi connectivity index (χ3v) is 5.11. The molecule has 1 saturated heterocycles. The predicted molar refractivity (Wildman–Crippen MR) is 101 cm³/mol. The lowest BCUT2D eigenvalue weighted by Crippen LogP contribution is -3.15. The van der Waals surface area contributed by atoms with E-state index in [9.17, 15) is 9.90 Å². The number of quaternary nitrogens is 1. The van der Waals surface area contributed by atoms with E-state index in [1.165, 1.54) is 4.90 Å². The Hall–Kier alpha value is -2.09. The Morgan fingerprint density at radius 1 is 1.37 bits per heavy atom. The standard InChI is InChI=1S/C20H28N2O5/c1-4-26-20(24)19-14(2)21(3)18-6-5-16(11-17(18)19)27-13-15(23)12-22-7-9-25-10-8-22/h5-6,11,15,23H,4,7-10,12-13H2,1-3H3/p+1/t15-/m0/s1. The lowest BCUT2D eigenvalue weighted by Gasteiger charge is -2.25. The van der Waals surface area contributed by atoms with E-state index in [0.717, 1.165) is 42.9 Å². The van der Waals surface area contributed by atoms with Crippen molar-refractivity contribution < 1.29 is 29.0 Å². The molecular formula is C20H29N2O5+. The summed E-state index contributed by atoms with van der Waals surface area (Å²) < 4.78 is 18.3. The predicted octanol–water partition coefficient (Wildman–Crippen LogP) is 0.318. The molecule has 1 fully saturated rings. The molecule has 1 aromatic heterocycles. The fourth-order valence-electron chi connectivity index (χ4n) is 3.55. The number of carbonyl (C=O) groups is 1. The van der Waals surface area contributed by atoms with Gasteiger partial charge in [0, 0.05) is 23.6 Å². The molecule has 1 atom stereocenters. The summed E-state index contributed by atoms with van der Waals surface area (Å²) in [5.41, 5.74) is 2.37. The van der Waals surface area contributed by atoms with Crippen molar-refractivity contribution in [3.63, 3.8) is 0 Å². The smallest absolute Gasteiger partial charge is 0.340 e. The number of nitrogens with zero attached hydrogens (tertiary/aromatic N) is 1. The van der Waals surface area contributed by atoms with E-state index in [4.69, 9.17) is 14.2 Å². The van der Waals surface area contributed by atoms with Crippen LogP contribution in [-0.4, -0.2) is 67.8 Å². The molecule has 2 heterocycles. The number of hydrogen-bond acceptors (Lipinski definition) is 5. The number of fused-ring (bicyclic) bond motifs is 1. The zero-order chi connectivity index (χ0) is 19.4. The Bertz CT molecular complexity index is 795. The quantitative estimate of drug-likeness (QED) is 0.680. The van der Waals surface area contributed by atoms with E-state index >= 15 is 0 Å². The number of aliphatic hydroxyl groups excluding tert-OH is 1. The first-order valence-corrected chi connectivity index (χ1v) is 9.49. The molecule has 0 unspecified atom stereocenters. The van der Waals surface area contributed by atoms with Gasteiger partial charge in [-0.25, -0.2) is 4.79 Å². The molecule has 1 aliphatic rings. The number of benzene rings is 1. The third-order valence-electron chi connectivity index (χ3n) is 5.11. The van der Waals surface area contributed by atoms with E-state index in [1.807, 2.05) is 36.7 Å². The molecule has 0 saturated carbocycles. The lowest BCUT2D eigenvalue weighted by atomic mass is 10.1. The van der Waals surface area contributed by atoms with Gasteiger partial charge in [0.2, 0.25) is 0 Å². The van der Waals surface area contributed by atoms with E-state index in [-0.39, 0.29) is 12.6 Å². The fourth-order valence-corrected chi connectivity index (χ4v) is 3.55. The summed E-state index contributed by atoms with van der Waals surface area (Å²) in [5, 5.41) is 11.1. The minimum Gasteiger partial charge on any atom is -0.491 e. The van der Waals surface area contributed by atoms with Crippen LogP contribution in [0.4, 0.5) is 0 Å². The van der Waals surface area contributed by atoms with Crippen molar-refractivity contribution in [2.45, 2.75) is 20.0 Å². The molecule has 0 bridgehead atoms. The second-order valence-electron chi connectivity index (χ2n) is 6.95. The first-order chi connectivity index (χ1) is 13.0. The maximum Gasteiger partial charge on any atom is 0.340 e. The van der Waals surface area contributed by atoms with Crippen LogP contribution in [0.5, 0.6) is 5.75 Å². The van der Waals surface area contributed by atoms with E-state index < -0.39 is 6.10 Å². The maximum absolute atomic E-state index is 12.4. The van der Waals surface area contributed by atoms with Crippen LogP contribution in [0, 0.1) is 6.92 Å². The topological polar surface area (TPSA) is 74.4 Å². The Morgan fingerprint density at radius 2 is 2.11 bits per heavy atom. The highest BCUT2D eigenvalue weighted by molar-refractivity contribution is 6.06. The van der Waals surface area contributed by atoms with Crippen molar-refractivity contribution in [2.75, 3.05) is 46.1 Å². The first kappa shape index (κ1) is 19.7. The number of aromatic nitrogens is 1. The van der Waals surface area contributed by atoms with Gasteiger partial charge < -0.3 is 28.8 Å². The van der Waals surface area contributed by atoms with Crippen LogP contribution in [0.2, 0.25) is 0 Å². The van der Waals surface area contributed by atoms with Gasteiger partial charge in [-0.05, 0) is 32.0 Å². The molecule has 0 radical (unpaired) electrons. The van der Waals surface area contributed by atoms with Gasteiger partial charge in [0.15, 0.2) is 0 Å². The van der Waals surface area contributed by atoms with Gasteiger partial charge in [-0.15, -0.1) is 0 Å². The minimum atomic E-state index is -0.546. The number of aryl methyl sites for hydroxylation is 1. The number of ether oxygens (including phenoxy) is 3. The Kier molecular flexibility index (Phi) is 6.36. The highest BCUT2D eigenvalue weighted by Gasteiger charge is 2.21. The average molecular weight is 377 g/mol. The van der Waals surface area contributed by atoms with Crippen molar-refractivity contribution >= 4 is 16.9 Å². The number of morpholine rings is 1. The zero-order valence-corrected chi connectivity index (χ0v) is 16.3. The van der Waals surface area contributed by atoms with Gasteiger partial charge in [-0.1, -0.05) is 0 Å². The van der Waals surface area contributed by atoms with Crippen LogP contribution >= 0.6 is 0 Å². The van der Waals surface area contributed by atoms with Gasteiger partial charge in [-0.2, -0.15) is 0 Å². The van der Waals surface area contributed by atoms with Crippen molar-refractivity contribution in [1.29, 1.82) is 0 Å². The molecule has 0 aliphatic carbocycles. The molecule has 7 heteroatoms. The highest BCUT2D eigenvalue weighted by Crippen LogP contribution is 2.29. The van der Waals surface area contributed by atoms with Crippen LogP contribution in [0.3, 0.4) is 0 Å². The van der Waals surface area contributed by atoms with E-state index in [1.54, 1.807) is 6.92 Å². The lowest BCUT2D eigenvalue weighted by molar-refractivity contribution is -0.911. The van der Waals surface area contributed by atoms with E-state index in [0.29, 0.717) is 24.5 Å². The Morgan fingerprint density at radius 3 is 2.81 bits per heavy atom. The van der Waals surface area contributed by atoms with Gasteiger partial charge in [0.05, 0.1) is 25.4 Å². The second kappa shape index (κ2) is 8.73. The second-order valence-corrected chi connectivity index (χ2v) is 6.95. The molecular weight excluding hydrogens is 348 g/mol. The number of hydrogen-bond donors (Lipinski definition) is 2. The summed E-state index contributed by atoms with van der Waals surface area (Å²) in [6.07, 6.45) is -0.546. The minimum absolute atomic E-state index is 0.219. The fraction of sp³-hybridized carbons (Fsp3) is 0.550. The molecule has 0 amide bonds. The Labute approximate surface area is 159 Å². The molecule has 2 N–H and O–H groups in total. The third kappa shape index (κ3) is 4.43. The number of carbonyl (C=O) groups excluding carboxylic acids is 1. The van der Waals surface area contributed by atoms with Crippen molar-refractivity contribution in [2.24, 2.45) is 7.05 Å². The molecule has 1 aromatic carbocycles. The monoisotopic (exact) mass is 377 g/mol. The van der Waals surface area contributed by atoms with Crippen LogP contribution in [0.1, 0.15) is 23.0 Å². The molecule has 27 heavy (non-hydrogen) atoms.